The van der Waals surface area contributed by atoms with Crippen LogP contribution in [0.1, 0.15) is 11.1 Å². The number of nitrogens with one attached hydrogen (secondary N) is 1. The Labute approximate surface area is 133 Å². The first-order valence-corrected chi connectivity index (χ1v) is 6.88. The van der Waals surface area contributed by atoms with Crippen LogP contribution in [-0.2, 0) is 11.2 Å². The molecule has 4 N–H and O–H groups in total. The van der Waals surface area contributed by atoms with E-state index in [1.54, 1.807) is 12.1 Å². The Kier molecular flexibility index (Phi) is 4.95. The fourth-order valence-electron chi connectivity index (χ4n) is 2.18. The van der Waals surface area contributed by atoms with Crippen molar-refractivity contribution < 1.29 is 14.7 Å². The fourth-order valence-corrected chi connectivity index (χ4v) is 2.18. The number of hydrogen-bond donors (Lipinski definition) is 3. The van der Waals surface area contributed by atoms with E-state index in [1.165, 1.54) is 0 Å². The first-order chi connectivity index (χ1) is 11.0. The predicted octanol–water partition coefficient (Wildman–Crippen LogP) is 1.89. The normalized spacial score (nSPS) is 11.3. The second-order valence-electron chi connectivity index (χ2n) is 4.99. The summed E-state index contributed by atoms with van der Waals surface area (Å²) in [6.07, 6.45) is -1.10. The van der Waals surface area contributed by atoms with E-state index in [4.69, 9.17) is 16.1 Å². The van der Waals surface area contributed by atoms with Crippen LogP contribution in [0.4, 0.5) is 4.79 Å². The smallest absolute Gasteiger partial charge is 0.405 e. The Morgan fingerprint density at radius 1 is 1.09 bits per heavy atom. The topological polar surface area (TPSA) is 116 Å². The van der Waals surface area contributed by atoms with Crippen molar-refractivity contribution in [3.8, 4) is 17.2 Å². The molecule has 2 aromatic carbocycles. The summed E-state index contributed by atoms with van der Waals surface area (Å²) in [5.74, 6) is -0.719. The van der Waals surface area contributed by atoms with Gasteiger partial charge in [-0.3, -0.25) is 4.79 Å². The number of nitrogens with two attached hydrogens (primary N) is 1. The summed E-state index contributed by atoms with van der Waals surface area (Å²) in [4.78, 5) is 21.9. The minimum absolute atomic E-state index is 0.190. The molecule has 0 bridgehead atoms. The van der Waals surface area contributed by atoms with Crippen LogP contribution >= 0.6 is 0 Å². The predicted molar refractivity (Wildman–Crippen MR) is 84.4 cm³/mol. The summed E-state index contributed by atoms with van der Waals surface area (Å²) >= 11 is 0. The van der Waals surface area contributed by atoms with Crippen molar-refractivity contribution in [2.24, 2.45) is 5.73 Å². The van der Waals surface area contributed by atoms with E-state index in [9.17, 15) is 9.59 Å². The molecule has 116 valence electrons. The van der Waals surface area contributed by atoms with E-state index in [0.29, 0.717) is 5.56 Å². The lowest BCUT2D eigenvalue weighted by molar-refractivity contribution is -0.119. The number of carbonyl (C=O) groups excluding carboxylic acids is 1. The van der Waals surface area contributed by atoms with Crippen molar-refractivity contribution in [3.63, 3.8) is 0 Å². The van der Waals surface area contributed by atoms with Crippen molar-refractivity contribution in [1.82, 2.24) is 5.32 Å². The van der Waals surface area contributed by atoms with Gasteiger partial charge in [-0.2, -0.15) is 5.26 Å². The number of amides is 2. The molecule has 1 atom stereocenters. The van der Waals surface area contributed by atoms with E-state index < -0.39 is 18.0 Å². The minimum atomic E-state index is -1.29. The molecule has 0 spiro atoms. The van der Waals surface area contributed by atoms with Crippen molar-refractivity contribution in [2.75, 3.05) is 0 Å². The van der Waals surface area contributed by atoms with Crippen molar-refractivity contribution in [1.29, 1.82) is 5.26 Å². The molecular weight excluding hydrogens is 294 g/mol. The number of rotatable bonds is 5. The van der Waals surface area contributed by atoms with Gasteiger partial charge in [-0.15, -0.1) is 0 Å². The Morgan fingerprint density at radius 2 is 1.61 bits per heavy atom. The first kappa shape index (κ1) is 16.0. The highest BCUT2D eigenvalue weighted by molar-refractivity contribution is 5.84. The quantitative estimate of drug-likeness (QED) is 0.782. The monoisotopic (exact) mass is 309 g/mol. The molecule has 2 aromatic rings. The molecule has 0 fully saturated rings. The lowest BCUT2D eigenvalue weighted by atomic mass is 10.00. The zero-order valence-electron chi connectivity index (χ0n) is 12.2. The van der Waals surface area contributed by atoms with Crippen molar-refractivity contribution >= 4 is 12.0 Å². The average Bonchev–Trinajstić information content (AvgIpc) is 2.54. The number of carboxylic acid groups (broad SMARTS) is 1. The molecule has 2 rings (SSSR count). The van der Waals surface area contributed by atoms with Crippen LogP contribution in [0.5, 0.6) is 0 Å². The van der Waals surface area contributed by atoms with Gasteiger partial charge in [-0.25, -0.2) is 4.79 Å². The van der Waals surface area contributed by atoms with E-state index in [0.717, 1.165) is 16.7 Å². The highest BCUT2D eigenvalue weighted by atomic mass is 16.4. The van der Waals surface area contributed by atoms with Crippen molar-refractivity contribution in [2.45, 2.75) is 12.5 Å². The first-order valence-electron chi connectivity index (χ1n) is 6.88. The van der Waals surface area contributed by atoms with E-state index in [1.807, 2.05) is 36.4 Å². The Bertz CT molecular complexity index is 746. The van der Waals surface area contributed by atoms with Crippen LogP contribution in [0.2, 0.25) is 0 Å². The highest BCUT2D eigenvalue weighted by Gasteiger charge is 2.17. The van der Waals surface area contributed by atoms with Gasteiger partial charge in [0, 0.05) is 6.42 Å². The third-order valence-corrected chi connectivity index (χ3v) is 3.38. The summed E-state index contributed by atoms with van der Waals surface area (Å²) < 4.78 is 0. The standard InChI is InChI=1S/C17H15N3O3/c18-10-12-3-7-14(8-4-12)13-5-1-11(2-6-13)9-15(16(19)21)20-17(22)23/h1-8,15,20H,9H2,(H2,19,21)(H,22,23). The van der Waals surface area contributed by atoms with Crippen molar-refractivity contribution in [3.05, 3.63) is 59.7 Å². The minimum Gasteiger partial charge on any atom is -0.465 e. The summed E-state index contributed by atoms with van der Waals surface area (Å²) in [7, 11) is 0. The molecule has 0 aliphatic carbocycles. The zero-order valence-corrected chi connectivity index (χ0v) is 12.2. The summed E-state index contributed by atoms with van der Waals surface area (Å²) in [6.45, 7) is 0. The second kappa shape index (κ2) is 7.09. The second-order valence-corrected chi connectivity index (χ2v) is 4.99. The largest absolute Gasteiger partial charge is 0.465 e. The summed E-state index contributed by atoms with van der Waals surface area (Å²) in [6, 6.07) is 15.6. The molecule has 0 saturated carbocycles. The molecule has 0 saturated heterocycles. The lowest BCUT2D eigenvalue weighted by Gasteiger charge is -2.13. The highest BCUT2D eigenvalue weighted by Crippen LogP contribution is 2.20. The number of carbonyl (C=O) groups is 2. The maximum absolute atomic E-state index is 11.3. The van der Waals surface area contributed by atoms with Gasteiger partial charge < -0.3 is 16.2 Å². The van der Waals surface area contributed by atoms with Gasteiger partial charge >= 0.3 is 6.09 Å². The Hall–Kier alpha value is -3.33. The molecule has 0 aromatic heterocycles. The molecule has 6 heteroatoms. The number of primary amides is 1. The maximum atomic E-state index is 11.3. The van der Waals surface area contributed by atoms with Crippen LogP contribution in [0, 0.1) is 11.3 Å². The molecule has 23 heavy (non-hydrogen) atoms. The van der Waals surface area contributed by atoms with Gasteiger partial charge in [0.1, 0.15) is 6.04 Å². The average molecular weight is 309 g/mol. The molecule has 6 nitrogen and oxygen atoms in total. The van der Waals surface area contributed by atoms with Crippen LogP contribution in [-0.4, -0.2) is 23.1 Å². The molecule has 0 radical (unpaired) electrons. The third kappa shape index (κ3) is 4.32. The molecule has 0 aliphatic rings. The SMILES string of the molecule is N#Cc1ccc(-c2ccc(CC(NC(=O)O)C(N)=O)cc2)cc1. The number of nitriles is 1. The third-order valence-electron chi connectivity index (χ3n) is 3.38. The maximum Gasteiger partial charge on any atom is 0.405 e. The van der Waals surface area contributed by atoms with Crippen LogP contribution in [0.25, 0.3) is 11.1 Å². The van der Waals surface area contributed by atoms with Gasteiger partial charge in [-0.05, 0) is 28.8 Å². The van der Waals surface area contributed by atoms with Gasteiger partial charge in [-0.1, -0.05) is 36.4 Å². The van der Waals surface area contributed by atoms with E-state index in [-0.39, 0.29) is 6.42 Å². The molecule has 1 unspecified atom stereocenters. The Morgan fingerprint density at radius 3 is 2.04 bits per heavy atom. The molecule has 0 aliphatic heterocycles. The Balaban J connectivity index is 2.13. The van der Waals surface area contributed by atoms with Crippen LogP contribution in [0.3, 0.4) is 0 Å². The molecule has 0 heterocycles. The number of hydrogen-bond acceptors (Lipinski definition) is 3. The number of nitrogens with zero attached hydrogens (tertiary/aromatic N) is 1. The van der Waals surface area contributed by atoms with E-state index in [2.05, 4.69) is 11.4 Å². The summed E-state index contributed by atoms with van der Waals surface area (Å²) in [5, 5.41) is 19.6. The summed E-state index contributed by atoms with van der Waals surface area (Å²) in [5.41, 5.74) is 8.50. The number of benzene rings is 2. The van der Waals surface area contributed by atoms with Gasteiger partial charge in [0.15, 0.2) is 0 Å². The van der Waals surface area contributed by atoms with Gasteiger partial charge in [0.25, 0.3) is 0 Å². The van der Waals surface area contributed by atoms with E-state index >= 15 is 0 Å². The van der Waals surface area contributed by atoms with Crippen LogP contribution in [0.15, 0.2) is 48.5 Å². The molecule has 2 amide bonds. The van der Waals surface area contributed by atoms with Gasteiger partial charge in [0.05, 0.1) is 11.6 Å². The fraction of sp³-hybridized carbons (Fsp3) is 0.118. The van der Waals surface area contributed by atoms with Gasteiger partial charge in [0.2, 0.25) is 5.91 Å². The molecular formula is C17H15N3O3. The zero-order chi connectivity index (χ0) is 16.8. The lowest BCUT2D eigenvalue weighted by Crippen LogP contribution is -2.45. The van der Waals surface area contributed by atoms with Crippen LogP contribution < -0.4 is 11.1 Å².